The highest BCUT2D eigenvalue weighted by molar-refractivity contribution is 5.85. The van der Waals surface area contributed by atoms with Crippen LogP contribution in [0.4, 0.5) is 0 Å². The normalized spacial score (nSPS) is 10.7. The first-order valence-electron chi connectivity index (χ1n) is 4.03. The van der Waals surface area contributed by atoms with Crippen molar-refractivity contribution in [1.82, 2.24) is 0 Å². The van der Waals surface area contributed by atoms with Gasteiger partial charge in [-0.05, 0) is 11.6 Å². The van der Waals surface area contributed by atoms with Crippen LogP contribution < -0.4 is 5.73 Å². The summed E-state index contributed by atoms with van der Waals surface area (Å²) in [5.74, 6) is -0.548. The van der Waals surface area contributed by atoms with Gasteiger partial charge in [-0.15, -0.1) is 12.4 Å². The summed E-state index contributed by atoms with van der Waals surface area (Å²) in [7, 11) is 1.26. The third-order valence-corrected chi connectivity index (χ3v) is 1.87. The number of benzene rings is 1. The number of hydrogen-bond acceptors (Lipinski definition) is 4. The van der Waals surface area contributed by atoms with Gasteiger partial charge in [-0.25, -0.2) is 0 Å². The molecule has 0 radical (unpaired) electrons. The number of rotatable bonds is 2. The predicted molar refractivity (Wildman–Crippen MR) is 57.3 cm³/mol. The molecule has 1 atom stereocenters. The second-order valence-corrected chi connectivity index (χ2v) is 2.70. The highest BCUT2D eigenvalue weighted by atomic mass is 35.5. The number of hydrogen-bond donors (Lipinski definition) is 1. The number of carbonyl (C=O) groups excluding carboxylic acids is 1. The summed E-state index contributed by atoms with van der Waals surface area (Å²) >= 11 is 0. The molecule has 0 aliphatic rings. The zero-order valence-electron chi connectivity index (χ0n) is 8.14. The first kappa shape index (κ1) is 13.4. The van der Waals surface area contributed by atoms with E-state index in [-0.39, 0.29) is 12.4 Å². The Bertz CT molecular complexity index is 387. The van der Waals surface area contributed by atoms with Crippen molar-refractivity contribution in [2.24, 2.45) is 5.73 Å². The van der Waals surface area contributed by atoms with Crippen molar-refractivity contribution < 1.29 is 9.53 Å². The molecule has 5 heteroatoms. The Labute approximate surface area is 94.1 Å². The van der Waals surface area contributed by atoms with Crippen LogP contribution in [0.25, 0.3) is 0 Å². The van der Waals surface area contributed by atoms with E-state index in [0.29, 0.717) is 11.1 Å². The van der Waals surface area contributed by atoms with Crippen molar-refractivity contribution in [3.8, 4) is 6.07 Å². The van der Waals surface area contributed by atoms with E-state index in [0.717, 1.165) is 0 Å². The van der Waals surface area contributed by atoms with Gasteiger partial charge in [0.2, 0.25) is 0 Å². The lowest BCUT2D eigenvalue weighted by Gasteiger charge is -2.10. The molecule has 0 bridgehead atoms. The van der Waals surface area contributed by atoms with Gasteiger partial charge < -0.3 is 10.5 Å². The van der Waals surface area contributed by atoms with E-state index in [4.69, 9.17) is 11.0 Å². The van der Waals surface area contributed by atoms with Crippen LogP contribution in [-0.4, -0.2) is 13.1 Å². The standard InChI is InChI=1S/C10H10N2O2.ClH/c1-14-10(13)9(12)8-5-3-2-4-7(8)6-11;/h2-5,9H,12H2,1H3;1H/t9-;/m0./s1. The first-order chi connectivity index (χ1) is 6.70. The molecule has 0 aliphatic heterocycles. The number of halogens is 1. The molecular weight excluding hydrogens is 216 g/mol. The highest BCUT2D eigenvalue weighted by Crippen LogP contribution is 2.15. The van der Waals surface area contributed by atoms with Crippen LogP contribution in [0.15, 0.2) is 24.3 Å². The zero-order chi connectivity index (χ0) is 10.6. The molecule has 0 unspecified atom stereocenters. The van der Waals surface area contributed by atoms with E-state index in [1.54, 1.807) is 24.3 Å². The number of methoxy groups -OCH3 is 1. The van der Waals surface area contributed by atoms with Gasteiger partial charge in [-0.1, -0.05) is 18.2 Å². The van der Waals surface area contributed by atoms with Crippen molar-refractivity contribution in [3.63, 3.8) is 0 Å². The maximum absolute atomic E-state index is 11.1. The topological polar surface area (TPSA) is 76.1 Å². The molecule has 4 nitrogen and oxygen atoms in total. The lowest BCUT2D eigenvalue weighted by molar-refractivity contribution is -0.142. The average molecular weight is 227 g/mol. The van der Waals surface area contributed by atoms with Gasteiger partial charge in [0.25, 0.3) is 0 Å². The van der Waals surface area contributed by atoms with Crippen LogP contribution >= 0.6 is 12.4 Å². The smallest absolute Gasteiger partial charge is 0.327 e. The molecular formula is C10H11ClN2O2. The quantitative estimate of drug-likeness (QED) is 0.768. The fraction of sp³-hybridized carbons (Fsp3) is 0.200. The molecule has 2 N–H and O–H groups in total. The summed E-state index contributed by atoms with van der Waals surface area (Å²) in [6.45, 7) is 0. The summed E-state index contributed by atoms with van der Waals surface area (Å²) in [5.41, 5.74) is 6.48. The van der Waals surface area contributed by atoms with Crippen molar-refractivity contribution in [1.29, 1.82) is 5.26 Å². The lowest BCUT2D eigenvalue weighted by Crippen LogP contribution is -2.23. The minimum absolute atomic E-state index is 0. The Morgan fingerprint density at radius 2 is 2.13 bits per heavy atom. The van der Waals surface area contributed by atoms with Crippen LogP contribution in [0.3, 0.4) is 0 Å². The number of carbonyl (C=O) groups is 1. The maximum Gasteiger partial charge on any atom is 0.327 e. The Hall–Kier alpha value is -1.57. The third-order valence-electron chi connectivity index (χ3n) is 1.87. The number of nitrogens with zero attached hydrogens (tertiary/aromatic N) is 1. The highest BCUT2D eigenvalue weighted by Gasteiger charge is 2.18. The summed E-state index contributed by atoms with van der Waals surface area (Å²) in [4.78, 5) is 11.1. The van der Waals surface area contributed by atoms with Crippen molar-refractivity contribution in [3.05, 3.63) is 35.4 Å². The molecule has 0 aromatic heterocycles. The van der Waals surface area contributed by atoms with Crippen molar-refractivity contribution in [2.45, 2.75) is 6.04 Å². The Balaban J connectivity index is 0.00000196. The molecule has 0 amide bonds. The van der Waals surface area contributed by atoms with Crippen LogP contribution in [0.1, 0.15) is 17.2 Å². The lowest BCUT2D eigenvalue weighted by atomic mass is 10.0. The van der Waals surface area contributed by atoms with E-state index in [1.165, 1.54) is 7.11 Å². The summed E-state index contributed by atoms with van der Waals surface area (Å²) in [6.07, 6.45) is 0. The Morgan fingerprint density at radius 3 is 2.67 bits per heavy atom. The third kappa shape index (κ3) is 2.94. The minimum Gasteiger partial charge on any atom is -0.468 e. The van der Waals surface area contributed by atoms with E-state index in [1.807, 2.05) is 6.07 Å². The number of nitriles is 1. The van der Waals surface area contributed by atoms with E-state index in [9.17, 15) is 4.79 Å². The summed E-state index contributed by atoms with van der Waals surface area (Å²) in [6, 6.07) is 7.76. The van der Waals surface area contributed by atoms with Gasteiger partial charge in [-0.3, -0.25) is 4.79 Å². The molecule has 0 spiro atoms. The van der Waals surface area contributed by atoms with Gasteiger partial charge in [-0.2, -0.15) is 5.26 Å². The van der Waals surface area contributed by atoms with Gasteiger partial charge in [0.1, 0.15) is 6.04 Å². The van der Waals surface area contributed by atoms with Gasteiger partial charge in [0.15, 0.2) is 0 Å². The minimum atomic E-state index is -0.893. The number of esters is 1. The molecule has 0 saturated heterocycles. The molecule has 1 aromatic rings. The molecule has 0 aliphatic carbocycles. The van der Waals surface area contributed by atoms with Crippen molar-refractivity contribution >= 4 is 18.4 Å². The van der Waals surface area contributed by atoms with Gasteiger partial charge in [0.05, 0.1) is 18.7 Å². The monoisotopic (exact) mass is 226 g/mol. The van der Waals surface area contributed by atoms with Crippen LogP contribution in [-0.2, 0) is 9.53 Å². The molecule has 80 valence electrons. The van der Waals surface area contributed by atoms with Crippen LogP contribution in [0, 0.1) is 11.3 Å². The van der Waals surface area contributed by atoms with E-state index >= 15 is 0 Å². The molecule has 15 heavy (non-hydrogen) atoms. The maximum atomic E-state index is 11.1. The molecule has 0 heterocycles. The van der Waals surface area contributed by atoms with Gasteiger partial charge in [0, 0.05) is 0 Å². The summed E-state index contributed by atoms with van der Waals surface area (Å²) in [5, 5.41) is 8.76. The SMILES string of the molecule is COC(=O)[C@@H](N)c1ccccc1C#N.Cl. The first-order valence-corrected chi connectivity index (χ1v) is 4.03. The van der Waals surface area contributed by atoms with Crippen LogP contribution in [0.5, 0.6) is 0 Å². The number of nitrogens with two attached hydrogens (primary N) is 1. The second-order valence-electron chi connectivity index (χ2n) is 2.70. The van der Waals surface area contributed by atoms with E-state index in [2.05, 4.69) is 4.74 Å². The van der Waals surface area contributed by atoms with Crippen molar-refractivity contribution in [2.75, 3.05) is 7.11 Å². The van der Waals surface area contributed by atoms with E-state index < -0.39 is 12.0 Å². The predicted octanol–water partition coefficient (Wildman–Crippen LogP) is 1.15. The average Bonchev–Trinajstić information content (AvgIpc) is 2.26. The number of ether oxygens (including phenoxy) is 1. The van der Waals surface area contributed by atoms with Gasteiger partial charge >= 0.3 is 5.97 Å². The molecule has 1 rings (SSSR count). The fourth-order valence-electron chi connectivity index (χ4n) is 1.12. The van der Waals surface area contributed by atoms with Crippen LogP contribution in [0.2, 0.25) is 0 Å². The molecule has 0 fully saturated rings. The Morgan fingerprint density at radius 1 is 1.53 bits per heavy atom. The fourth-order valence-corrected chi connectivity index (χ4v) is 1.12. The second kappa shape index (κ2) is 6.02. The Kier molecular flexibility index (Phi) is 5.39. The largest absolute Gasteiger partial charge is 0.468 e. The molecule has 0 saturated carbocycles. The zero-order valence-corrected chi connectivity index (χ0v) is 8.95. The summed E-state index contributed by atoms with van der Waals surface area (Å²) < 4.78 is 4.49. The molecule has 1 aromatic carbocycles.